The summed E-state index contributed by atoms with van der Waals surface area (Å²) >= 11 is 0. The van der Waals surface area contributed by atoms with Crippen LogP contribution in [0.25, 0.3) is 0 Å². The second-order valence-electron chi connectivity index (χ2n) is 7.17. The first-order valence-electron chi connectivity index (χ1n) is 6.46. The average Bonchev–Trinajstić information content (AvgIpc) is 2.11. The van der Waals surface area contributed by atoms with Gasteiger partial charge in [-0.15, -0.1) is 0 Å². The van der Waals surface area contributed by atoms with Crippen molar-refractivity contribution in [2.75, 3.05) is 25.5 Å². The van der Waals surface area contributed by atoms with Crippen molar-refractivity contribution in [3.63, 3.8) is 0 Å². The molecule has 0 aliphatic heterocycles. The number of rotatable bonds is 7. The number of sulfonamides is 1. The molecule has 0 amide bonds. The normalized spacial score (nSPS) is 13.9. The number of nitrogens with one attached hydrogen (secondary N) is 1. The lowest BCUT2D eigenvalue weighted by molar-refractivity contribution is 0.0720. The number of ether oxygens (including phenoxy) is 1. The Kier molecular flexibility index (Phi) is 6.82. The first-order chi connectivity index (χ1) is 7.91. The molecule has 0 rings (SSSR count). The summed E-state index contributed by atoms with van der Waals surface area (Å²) in [4.78, 5) is 0. The molecule has 0 aromatic rings. The van der Waals surface area contributed by atoms with E-state index in [0.29, 0.717) is 26.2 Å². The zero-order valence-electron chi connectivity index (χ0n) is 12.7. The van der Waals surface area contributed by atoms with Gasteiger partial charge in [0.05, 0.1) is 12.4 Å². The lowest BCUT2D eigenvalue weighted by Crippen LogP contribution is -2.34. The summed E-state index contributed by atoms with van der Waals surface area (Å²) in [7, 11) is -3.16. The summed E-state index contributed by atoms with van der Waals surface area (Å²) in [5.74, 6) is 0.132. The van der Waals surface area contributed by atoms with Crippen molar-refractivity contribution in [2.45, 2.75) is 48.0 Å². The third-order valence-corrected chi connectivity index (χ3v) is 3.47. The summed E-state index contributed by atoms with van der Waals surface area (Å²) in [5.41, 5.74) is 0.0964. The second kappa shape index (κ2) is 6.87. The van der Waals surface area contributed by atoms with Crippen LogP contribution in [0.5, 0.6) is 0 Å². The van der Waals surface area contributed by atoms with E-state index >= 15 is 0 Å². The van der Waals surface area contributed by atoms with Crippen LogP contribution in [0.3, 0.4) is 0 Å². The minimum absolute atomic E-state index is 0.0319. The van der Waals surface area contributed by atoms with Crippen LogP contribution in [0.4, 0.5) is 0 Å². The van der Waals surface area contributed by atoms with Crippen LogP contribution < -0.4 is 4.72 Å². The molecule has 0 saturated carbocycles. The van der Waals surface area contributed by atoms with Crippen molar-refractivity contribution in [3.05, 3.63) is 0 Å². The Labute approximate surface area is 113 Å². The zero-order chi connectivity index (χ0) is 14.4. The Hall–Kier alpha value is -0.130. The highest BCUT2D eigenvalue weighted by atomic mass is 32.2. The molecule has 110 valence electrons. The average molecular weight is 279 g/mol. The van der Waals surface area contributed by atoms with Gasteiger partial charge in [-0.25, -0.2) is 13.1 Å². The van der Waals surface area contributed by atoms with Crippen LogP contribution in [-0.2, 0) is 14.8 Å². The Morgan fingerprint density at radius 3 is 2.00 bits per heavy atom. The van der Waals surface area contributed by atoms with Crippen LogP contribution in [0.1, 0.15) is 48.0 Å². The first kappa shape index (κ1) is 17.9. The Morgan fingerprint density at radius 1 is 1.00 bits per heavy atom. The minimum Gasteiger partial charge on any atom is -0.381 e. The maximum Gasteiger partial charge on any atom is 0.211 e. The fourth-order valence-electron chi connectivity index (χ4n) is 1.13. The van der Waals surface area contributed by atoms with Crippen LogP contribution in [-0.4, -0.2) is 33.9 Å². The van der Waals surface area contributed by atoms with E-state index < -0.39 is 10.0 Å². The monoisotopic (exact) mass is 279 g/mol. The predicted molar refractivity (Wildman–Crippen MR) is 76.1 cm³/mol. The van der Waals surface area contributed by atoms with Gasteiger partial charge in [0.25, 0.3) is 0 Å². The third-order valence-electron chi connectivity index (χ3n) is 2.06. The largest absolute Gasteiger partial charge is 0.381 e. The molecular formula is C13H29NO3S. The molecule has 0 aliphatic rings. The SMILES string of the molecule is CC(C)(C)CNS(=O)(=O)CCCOCC(C)(C)C. The first-order valence-corrected chi connectivity index (χ1v) is 8.12. The van der Waals surface area contributed by atoms with E-state index in [0.717, 1.165) is 0 Å². The fraction of sp³-hybridized carbons (Fsp3) is 1.00. The van der Waals surface area contributed by atoms with Gasteiger partial charge in [0.2, 0.25) is 10.0 Å². The molecule has 0 atom stereocenters. The van der Waals surface area contributed by atoms with E-state index in [2.05, 4.69) is 25.5 Å². The predicted octanol–water partition coefficient (Wildman–Crippen LogP) is 2.40. The van der Waals surface area contributed by atoms with Gasteiger partial charge in [-0.05, 0) is 17.3 Å². The highest BCUT2D eigenvalue weighted by molar-refractivity contribution is 7.89. The van der Waals surface area contributed by atoms with Crippen LogP contribution in [0.15, 0.2) is 0 Å². The van der Waals surface area contributed by atoms with E-state index in [-0.39, 0.29) is 16.6 Å². The highest BCUT2D eigenvalue weighted by Gasteiger charge is 2.16. The molecular weight excluding hydrogens is 250 g/mol. The Bertz CT molecular complexity index is 323. The van der Waals surface area contributed by atoms with Crippen LogP contribution >= 0.6 is 0 Å². The topological polar surface area (TPSA) is 55.4 Å². The maximum atomic E-state index is 11.7. The number of hydrogen-bond acceptors (Lipinski definition) is 3. The molecule has 1 N–H and O–H groups in total. The molecule has 0 aromatic carbocycles. The summed E-state index contributed by atoms with van der Waals surface area (Å²) < 4.78 is 31.4. The van der Waals surface area contributed by atoms with Crippen molar-refractivity contribution in [2.24, 2.45) is 10.8 Å². The lowest BCUT2D eigenvalue weighted by Gasteiger charge is -2.19. The van der Waals surface area contributed by atoms with Crippen molar-refractivity contribution >= 4 is 10.0 Å². The molecule has 0 saturated heterocycles. The van der Waals surface area contributed by atoms with Crippen molar-refractivity contribution in [3.8, 4) is 0 Å². The lowest BCUT2D eigenvalue weighted by atomic mass is 9.98. The van der Waals surface area contributed by atoms with Crippen LogP contribution in [0.2, 0.25) is 0 Å². The molecule has 0 spiro atoms. The second-order valence-corrected chi connectivity index (χ2v) is 9.09. The molecule has 0 heterocycles. The van der Waals surface area contributed by atoms with Gasteiger partial charge in [-0.2, -0.15) is 0 Å². The fourth-order valence-corrected chi connectivity index (χ4v) is 2.42. The van der Waals surface area contributed by atoms with E-state index in [9.17, 15) is 8.42 Å². The smallest absolute Gasteiger partial charge is 0.211 e. The van der Waals surface area contributed by atoms with Crippen molar-refractivity contribution < 1.29 is 13.2 Å². The third kappa shape index (κ3) is 12.3. The molecule has 0 fully saturated rings. The standard InChI is InChI=1S/C13H29NO3S/c1-12(2,3)10-14-18(15,16)9-7-8-17-11-13(4,5)6/h14H,7-11H2,1-6H3. The van der Waals surface area contributed by atoms with Crippen molar-refractivity contribution in [1.82, 2.24) is 4.72 Å². The Morgan fingerprint density at radius 2 is 1.56 bits per heavy atom. The van der Waals surface area contributed by atoms with Crippen LogP contribution in [0, 0.1) is 10.8 Å². The molecule has 5 heteroatoms. The molecule has 4 nitrogen and oxygen atoms in total. The van der Waals surface area contributed by atoms with E-state index in [1.54, 1.807) is 0 Å². The summed E-state index contributed by atoms with van der Waals surface area (Å²) in [5, 5.41) is 0. The van der Waals surface area contributed by atoms with Gasteiger partial charge in [-0.3, -0.25) is 0 Å². The molecule has 0 bridgehead atoms. The van der Waals surface area contributed by atoms with Gasteiger partial charge < -0.3 is 4.74 Å². The van der Waals surface area contributed by atoms with Gasteiger partial charge in [0.1, 0.15) is 0 Å². The van der Waals surface area contributed by atoms with Gasteiger partial charge in [-0.1, -0.05) is 41.5 Å². The molecule has 0 aliphatic carbocycles. The minimum atomic E-state index is -3.16. The summed E-state index contributed by atoms with van der Waals surface area (Å²) in [6, 6.07) is 0. The van der Waals surface area contributed by atoms with Gasteiger partial charge >= 0.3 is 0 Å². The summed E-state index contributed by atoms with van der Waals surface area (Å²) in [6.45, 7) is 13.9. The maximum absolute atomic E-state index is 11.7. The van der Waals surface area contributed by atoms with E-state index in [4.69, 9.17) is 4.74 Å². The molecule has 18 heavy (non-hydrogen) atoms. The molecule has 0 unspecified atom stereocenters. The quantitative estimate of drug-likeness (QED) is 0.728. The van der Waals surface area contributed by atoms with Crippen molar-refractivity contribution in [1.29, 1.82) is 0 Å². The van der Waals surface area contributed by atoms with Gasteiger partial charge in [0.15, 0.2) is 0 Å². The van der Waals surface area contributed by atoms with E-state index in [1.165, 1.54) is 0 Å². The molecule has 0 radical (unpaired) electrons. The Balaban J connectivity index is 3.79. The highest BCUT2D eigenvalue weighted by Crippen LogP contribution is 2.13. The van der Waals surface area contributed by atoms with E-state index in [1.807, 2.05) is 20.8 Å². The van der Waals surface area contributed by atoms with Gasteiger partial charge in [0, 0.05) is 13.2 Å². The molecule has 0 aromatic heterocycles. The summed E-state index contributed by atoms with van der Waals surface area (Å²) in [6.07, 6.45) is 0.537. The number of hydrogen-bond donors (Lipinski definition) is 1. The zero-order valence-corrected chi connectivity index (χ0v) is 13.5.